The van der Waals surface area contributed by atoms with Crippen molar-refractivity contribution in [1.82, 2.24) is 4.31 Å². The number of amides is 1. The number of carbonyl (C=O) groups is 1. The third-order valence-corrected chi connectivity index (χ3v) is 6.13. The summed E-state index contributed by atoms with van der Waals surface area (Å²) >= 11 is 6.04. The van der Waals surface area contributed by atoms with E-state index in [2.05, 4.69) is 5.32 Å². The first-order chi connectivity index (χ1) is 11.7. The maximum atomic E-state index is 12.7. The van der Waals surface area contributed by atoms with Gasteiger partial charge >= 0.3 is 0 Å². The highest BCUT2D eigenvalue weighted by atomic mass is 35.5. The van der Waals surface area contributed by atoms with Gasteiger partial charge in [-0.05, 0) is 43.7 Å². The highest BCUT2D eigenvalue weighted by molar-refractivity contribution is 7.89. The van der Waals surface area contributed by atoms with E-state index in [1.54, 1.807) is 49.4 Å². The Balaban J connectivity index is 2.13. The summed E-state index contributed by atoms with van der Waals surface area (Å²) in [5, 5.41) is 3.22. The molecule has 1 amide bonds. The first kappa shape index (κ1) is 19.4. The Morgan fingerprint density at radius 3 is 2.32 bits per heavy atom. The van der Waals surface area contributed by atoms with E-state index in [1.165, 1.54) is 0 Å². The van der Waals surface area contributed by atoms with Crippen LogP contribution >= 0.6 is 11.6 Å². The van der Waals surface area contributed by atoms with E-state index in [4.69, 9.17) is 11.6 Å². The van der Waals surface area contributed by atoms with Crippen LogP contribution in [0.2, 0.25) is 5.02 Å². The van der Waals surface area contributed by atoms with Crippen molar-refractivity contribution in [1.29, 1.82) is 0 Å². The molecule has 0 heterocycles. The Hall–Kier alpha value is -1.89. The number of aryl methyl sites for hydroxylation is 2. The van der Waals surface area contributed by atoms with Gasteiger partial charge in [0, 0.05) is 17.3 Å². The molecule has 7 heteroatoms. The zero-order chi connectivity index (χ0) is 18.6. The van der Waals surface area contributed by atoms with Crippen molar-refractivity contribution in [2.75, 3.05) is 18.4 Å². The Kier molecular flexibility index (Phi) is 6.21. The van der Waals surface area contributed by atoms with Gasteiger partial charge in [-0.15, -0.1) is 0 Å². The number of rotatable bonds is 6. The van der Waals surface area contributed by atoms with Crippen molar-refractivity contribution in [3.8, 4) is 0 Å². The average molecular weight is 381 g/mol. The zero-order valence-corrected chi connectivity index (χ0v) is 16.0. The number of benzene rings is 2. The molecule has 0 aliphatic heterocycles. The zero-order valence-electron chi connectivity index (χ0n) is 14.4. The summed E-state index contributed by atoms with van der Waals surface area (Å²) in [4.78, 5) is 12.4. The first-order valence-corrected chi connectivity index (χ1v) is 9.68. The average Bonchev–Trinajstić information content (AvgIpc) is 2.56. The van der Waals surface area contributed by atoms with Gasteiger partial charge in [-0.1, -0.05) is 42.3 Å². The monoisotopic (exact) mass is 380 g/mol. The minimum Gasteiger partial charge on any atom is -0.325 e. The summed E-state index contributed by atoms with van der Waals surface area (Å²) in [6.45, 7) is 5.37. The van der Waals surface area contributed by atoms with Gasteiger partial charge < -0.3 is 5.32 Å². The van der Waals surface area contributed by atoms with E-state index in [0.29, 0.717) is 10.7 Å². The summed E-state index contributed by atoms with van der Waals surface area (Å²) < 4.78 is 26.5. The number of carbonyl (C=O) groups excluding carboxylic acids is 1. The molecule has 0 aliphatic rings. The predicted octanol–water partition coefficient (Wildman–Crippen LogP) is 3.61. The summed E-state index contributed by atoms with van der Waals surface area (Å²) in [5.41, 5.74) is 2.40. The minimum atomic E-state index is -3.72. The fourth-order valence-electron chi connectivity index (χ4n) is 2.26. The smallest absolute Gasteiger partial charge is 0.243 e. The highest BCUT2D eigenvalue weighted by Gasteiger charge is 2.25. The van der Waals surface area contributed by atoms with E-state index in [1.807, 2.05) is 13.8 Å². The molecule has 0 fully saturated rings. The maximum Gasteiger partial charge on any atom is 0.243 e. The molecule has 0 aliphatic carbocycles. The molecule has 2 aromatic carbocycles. The number of nitrogens with zero attached hydrogens (tertiary/aromatic N) is 1. The summed E-state index contributed by atoms with van der Waals surface area (Å²) in [6, 6.07) is 11.7. The van der Waals surface area contributed by atoms with Gasteiger partial charge in [-0.2, -0.15) is 4.31 Å². The van der Waals surface area contributed by atoms with Crippen molar-refractivity contribution in [2.24, 2.45) is 0 Å². The predicted molar refractivity (Wildman–Crippen MR) is 100 cm³/mol. The molecule has 2 rings (SSSR count). The van der Waals surface area contributed by atoms with E-state index < -0.39 is 15.9 Å². The Morgan fingerprint density at radius 1 is 1.12 bits per heavy atom. The van der Waals surface area contributed by atoms with E-state index >= 15 is 0 Å². The van der Waals surface area contributed by atoms with Crippen LogP contribution in [-0.4, -0.2) is 31.7 Å². The Bertz CT molecular complexity index is 864. The molecule has 0 bridgehead atoms. The molecular formula is C18H21ClN2O3S. The fraction of sp³-hybridized carbons (Fsp3) is 0.278. The molecule has 0 atom stereocenters. The SMILES string of the molecule is CCN(CC(=O)Nc1ccc(C)c(Cl)c1)S(=O)(=O)c1ccc(C)cc1. The molecule has 134 valence electrons. The number of halogens is 1. The number of nitrogens with one attached hydrogen (secondary N) is 1. The summed E-state index contributed by atoms with van der Waals surface area (Å²) in [5.74, 6) is -0.419. The van der Waals surface area contributed by atoms with Crippen LogP contribution in [0.5, 0.6) is 0 Å². The molecule has 0 saturated heterocycles. The van der Waals surface area contributed by atoms with Crippen molar-refractivity contribution < 1.29 is 13.2 Å². The second-order valence-corrected chi connectivity index (χ2v) is 8.10. The Labute approximate surface area is 153 Å². The summed E-state index contributed by atoms with van der Waals surface area (Å²) in [6.07, 6.45) is 0. The quantitative estimate of drug-likeness (QED) is 0.832. The number of sulfonamides is 1. The second-order valence-electron chi connectivity index (χ2n) is 5.76. The Morgan fingerprint density at radius 2 is 1.76 bits per heavy atom. The number of anilines is 1. The van der Waals surface area contributed by atoms with Crippen LogP contribution in [-0.2, 0) is 14.8 Å². The van der Waals surface area contributed by atoms with Crippen LogP contribution in [0.25, 0.3) is 0 Å². The molecular weight excluding hydrogens is 360 g/mol. The van der Waals surface area contributed by atoms with Gasteiger partial charge in [0.1, 0.15) is 0 Å². The second kappa shape index (κ2) is 7.99. The number of likely N-dealkylation sites (N-methyl/N-ethyl adjacent to an activating group) is 1. The van der Waals surface area contributed by atoms with Gasteiger partial charge in [0.25, 0.3) is 0 Å². The topological polar surface area (TPSA) is 66.5 Å². The molecule has 25 heavy (non-hydrogen) atoms. The third-order valence-electron chi connectivity index (χ3n) is 3.79. The lowest BCUT2D eigenvalue weighted by atomic mass is 10.2. The molecule has 0 aromatic heterocycles. The molecule has 0 unspecified atom stereocenters. The lowest BCUT2D eigenvalue weighted by Gasteiger charge is -2.20. The van der Waals surface area contributed by atoms with E-state index in [0.717, 1.165) is 15.4 Å². The van der Waals surface area contributed by atoms with E-state index in [9.17, 15) is 13.2 Å². The molecule has 1 N–H and O–H groups in total. The first-order valence-electron chi connectivity index (χ1n) is 7.87. The molecule has 2 aromatic rings. The van der Waals surface area contributed by atoms with E-state index in [-0.39, 0.29) is 18.0 Å². The lowest BCUT2D eigenvalue weighted by molar-refractivity contribution is -0.116. The lowest BCUT2D eigenvalue weighted by Crippen LogP contribution is -2.37. The van der Waals surface area contributed by atoms with Crippen molar-refractivity contribution in [2.45, 2.75) is 25.7 Å². The largest absolute Gasteiger partial charge is 0.325 e. The molecule has 0 saturated carbocycles. The van der Waals surface area contributed by atoms with Crippen LogP contribution in [0.15, 0.2) is 47.4 Å². The molecule has 5 nitrogen and oxygen atoms in total. The molecule has 0 radical (unpaired) electrons. The van der Waals surface area contributed by atoms with Crippen molar-refractivity contribution in [3.05, 3.63) is 58.6 Å². The van der Waals surface area contributed by atoms with Crippen LogP contribution in [0.3, 0.4) is 0 Å². The van der Waals surface area contributed by atoms with Gasteiger partial charge in [0.05, 0.1) is 11.4 Å². The van der Waals surface area contributed by atoms with Crippen molar-refractivity contribution in [3.63, 3.8) is 0 Å². The standard InChI is InChI=1S/C18H21ClN2O3S/c1-4-21(25(23,24)16-9-5-13(2)6-10-16)12-18(22)20-15-8-7-14(3)17(19)11-15/h5-11H,4,12H2,1-3H3,(H,20,22). The minimum absolute atomic E-state index is 0.172. The van der Waals surface area contributed by atoms with Crippen LogP contribution in [0.1, 0.15) is 18.1 Å². The van der Waals surface area contributed by atoms with Gasteiger partial charge in [0.15, 0.2) is 0 Å². The summed E-state index contributed by atoms with van der Waals surface area (Å²) in [7, 11) is -3.72. The molecule has 0 spiro atoms. The normalized spacial score (nSPS) is 11.6. The third kappa shape index (κ3) is 4.81. The van der Waals surface area contributed by atoms with Gasteiger partial charge in [-0.3, -0.25) is 4.79 Å². The van der Waals surface area contributed by atoms with Crippen LogP contribution in [0.4, 0.5) is 5.69 Å². The maximum absolute atomic E-state index is 12.7. The number of hydrogen-bond acceptors (Lipinski definition) is 3. The number of hydrogen-bond donors (Lipinski definition) is 1. The van der Waals surface area contributed by atoms with Crippen LogP contribution < -0.4 is 5.32 Å². The highest BCUT2D eigenvalue weighted by Crippen LogP contribution is 2.20. The fourth-order valence-corrected chi connectivity index (χ4v) is 3.84. The van der Waals surface area contributed by atoms with Gasteiger partial charge in [0.2, 0.25) is 15.9 Å². The van der Waals surface area contributed by atoms with Crippen molar-refractivity contribution >= 4 is 33.2 Å². The van der Waals surface area contributed by atoms with Gasteiger partial charge in [-0.25, -0.2) is 8.42 Å². The van der Waals surface area contributed by atoms with Crippen LogP contribution in [0, 0.1) is 13.8 Å².